The van der Waals surface area contributed by atoms with Crippen LogP contribution in [-0.2, 0) is 4.79 Å². The maximum absolute atomic E-state index is 12.2. The second-order valence-electron chi connectivity index (χ2n) is 4.86. The molecule has 1 rings (SSSR count). The molecule has 1 aromatic rings. The highest BCUT2D eigenvalue weighted by molar-refractivity contribution is 8.00. The smallest absolute Gasteiger partial charge is 0.233 e. The first kappa shape index (κ1) is 16.1. The van der Waals surface area contributed by atoms with Crippen molar-refractivity contribution in [2.45, 2.75) is 38.1 Å². The molecule has 0 saturated carbocycles. The number of carbonyl (C=O) groups is 1. The minimum atomic E-state index is 0.127. The Hall–Kier alpha value is -1.00. The van der Waals surface area contributed by atoms with Gasteiger partial charge in [-0.2, -0.15) is 0 Å². The van der Waals surface area contributed by atoms with E-state index in [0.717, 1.165) is 4.90 Å². The third-order valence-electron chi connectivity index (χ3n) is 2.88. The largest absolute Gasteiger partial charge is 0.396 e. The van der Waals surface area contributed by atoms with Gasteiger partial charge >= 0.3 is 0 Å². The molecule has 0 radical (unpaired) electrons. The summed E-state index contributed by atoms with van der Waals surface area (Å²) in [7, 11) is 0. The van der Waals surface area contributed by atoms with E-state index < -0.39 is 0 Å². The van der Waals surface area contributed by atoms with E-state index in [4.69, 9.17) is 5.11 Å². The molecule has 0 atom stereocenters. The first-order chi connectivity index (χ1) is 9.04. The summed E-state index contributed by atoms with van der Waals surface area (Å²) in [6.07, 6.45) is 0.638. The van der Waals surface area contributed by atoms with E-state index in [1.54, 1.807) is 11.8 Å². The van der Waals surface area contributed by atoms with Crippen LogP contribution in [0.5, 0.6) is 0 Å². The standard InChI is InChI=1S/C15H23NO2S/c1-12(2)16(9-4-10-17)15(18)11-19-14-7-5-13(3)6-8-14/h5-8,12,17H,4,9-11H2,1-3H3. The normalized spacial score (nSPS) is 10.8. The Labute approximate surface area is 120 Å². The number of aryl methyl sites for hydroxylation is 1. The van der Waals surface area contributed by atoms with Gasteiger partial charge in [-0.3, -0.25) is 4.79 Å². The third-order valence-corrected chi connectivity index (χ3v) is 3.88. The van der Waals surface area contributed by atoms with Gasteiger partial charge in [0.05, 0.1) is 5.75 Å². The van der Waals surface area contributed by atoms with Gasteiger partial charge in [0.25, 0.3) is 0 Å². The number of nitrogens with zero attached hydrogens (tertiary/aromatic N) is 1. The zero-order valence-corrected chi connectivity index (χ0v) is 12.7. The highest BCUT2D eigenvalue weighted by Gasteiger charge is 2.16. The van der Waals surface area contributed by atoms with E-state index in [9.17, 15) is 4.79 Å². The van der Waals surface area contributed by atoms with Crippen LogP contribution in [-0.4, -0.2) is 40.9 Å². The molecule has 0 heterocycles. The van der Waals surface area contributed by atoms with Crippen molar-refractivity contribution in [2.24, 2.45) is 0 Å². The Bertz CT molecular complexity index is 390. The number of aliphatic hydroxyl groups excluding tert-OH is 1. The van der Waals surface area contributed by atoms with Crippen molar-refractivity contribution in [3.8, 4) is 0 Å². The second-order valence-corrected chi connectivity index (χ2v) is 5.91. The van der Waals surface area contributed by atoms with Crippen molar-refractivity contribution in [1.82, 2.24) is 4.90 Å². The van der Waals surface area contributed by atoms with Gasteiger partial charge in [0.1, 0.15) is 0 Å². The molecule has 0 bridgehead atoms. The molecule has 1 N–H and O–H groups in total. The number of carbonyl (C=O) groups excluding carboxylic acids is 1. The predicted octanol–water partition coefficient (Wildman–Crippen LogP) is 2.71. The van der Waals surface area contributed by atoms with Crippen LogP contribution in [0, 0.1) is 6.92 Å². The Morgan fingerprint density at radius 3 is 2.47 bits per heavy atom. The minimum absolute atomic E-state index is 0.127. The van der Waals surface area contributed by atoms with E-state index in [1.165, 1.54) is 5.56 Å². The molecule has 0 aliphatic heterocycles. The van der Waals surface area contributed by atoms with Gasteiger partial charge in [-0.1, -0.05) is 17.7 Å². The number of hydrogen-bond acceptors (Lipinski definition) is 3. The molecule has 0 spiro atoms. The van der Waals surface area contributed by atoms with E-state index >= 15 is 0 Å². The average Bonchev–Trinajstić information content (AvgIpc) is 2.38. The highest BCUT2D eigenvalue weighted by Crippen LogP contribution is 2.19. The van der Waals surface area contributed by atoms with Crippen molar-refractivity contribution in [3.63, 3.8) is 0 Å². The molecule has 0 saturated heterocycles. The monoisotopic (exact) mass is 281 g/mol. The number of hydrogen-bond donors (Lipinski definition) is 1. The maximum Gasteiger partial charge on any atom is 0.233 e. The average molecular weight is 281 g/mol. The van der Waals surface area contributed by atoms with Crippen molar-refractivity contribution in [3.05, 3.63) is 29.8 Å². The summed E-state index contributed by atoms with van der Waals surface area (Å²) in [5.41, 5.74) is 1.22. The molecule has 1 aromatic carbocycles. The maximum atomic E-state index is 12.2. The summed E-state index contributed by atoms with van der Waals surface area (Å²) in [4.78, 5) is 15.1. The van der Waals surface area contributed by atoms with Crippen LogP contribution >= 0.6 is 11.8 Å². The molecular weight excluding hydrogens is 258 g/mol. The van der Waals surface area contributed by atoms with Crippen LogP contribution in [0.3, 0.4) is 0 Å². The summed E-state index contributed by atoms with van der Waals surface area (Å²) in [6.45, 7) is 6.82. The van der Waals surface area contributed by atoms with Crippen LogP contribution < -0.4 is 0 Å². The van der Waals surface area contributed by atoms with Gasteiger partial charge in [-0.15, -0.1) is 11.8 Å². The number of amides is 1. The number of rotatable bonds is 7. The number of aliphatic hydroxyl groups is 1. The van der Waals surface area contributed by atoms with E-state index in [-0.39, 0.29) is 18.6 Å². The molecule has 106 valence electrons. The zero-order valence-electron chi connectivity index (χ0n) is 11.9. The Kier molecular flexibility index (Phi) is 6.95. The lowest BCUT2D eigenvalue weighted by Crippen LogP contribution is -2.39. The number of thioether (sulfide) groups is 1. The van der Waals surface area contributed by atoms with Crippen molar-refractivity contribution >= 4 is 17.7 Å². The molecule has 0 unspecified atom stereocenters. The van der Waals surface area contributed by atoms with Gasteiger partial charge in [-0.25, -0.2) is 0 Å². The topological polar surface area (TPSA) is 40.5 Å². The predicted molar refractivity (Wildman–Crippen MR) is 80.5 cm³/mol. The highest BCUT2D eigenvalue weighted by atomic mass is 32.2. The second kappa shape index (κ2) is 8.23. The first-order valence-electron chi connectivity index (χ1n) is 6.64. The van der Waals surface area contributed by atoms with E-state index in [1.807, 2.05) is 30.9 Å². The van der Waals surface area contributed by atoms with Crippen molar-refractivity contribution in [2.75, 3.05) is 18.9 Å². The van der Waals surface area contributed by atoms with Gasteiger partial charge in [0, 0.05) is 24.1 Å². The fourth-order valence-corrected chi connectivity index (χ4v) is 2.56. The lowest BCUT2D eigenvalue weighted by atomic mass is 10.2. The minimum Gasteiger partial charge on any atom is -0.396 e. The van der Waals surface area contributed by atoms with Gasteiger partial charge in [0.15, 0.2) is 0 Å². The molecule has 1 amide bonds. The molecule has 4 heteroatoms. The van der Waals surface area contributed by atoms with Crippen molar-refractivity contribution in [1.29, 1.82) is 0 Å². The van der Waals surface area contributed by atoms with Crippen LogP contribution in [0.25, 0.3) is 0 Å². The van der Waals surface area contributed by atoms with Crippen molar-refractivity contribution < 1.29 is 9.90 Å². The van der Waals surface area contributed by atoms with Crippen LogP contribution in [0.15, 0.2) is 29.2 Å². The SMILES string of the molecule is Cc1ccc(SCC(=O)N(CCCO)C(C)C)cc1. The molecule has 19 heavy (non-hydrogen) atoms. The summed E-state index contributed by atoms with van der Waals surface area (Å²) in [6, 6.07) is 8.37. The summed E-state index contributed by atoms with van der Waals surface area (Å²) in [5, 5.41) is 8.87. The summed E-state index contributed by atoms with van der Waals surface area (Å²) in [5.74, 6) is 0.584. The van der Waals surface area contributed by atoms with Gasteiger partial charge in [0.2, 0.25) is 5.91 Å². The third kappa shape index (κ3) is 5.66. The molecule has 0 aromatic heterocycles. The molecular formula is C15H23NO2S. The van der Waals surface area contributed by atoms with Gasteiger partial charge < -0.3 is 10.0 Å². The number of benzene rings is 1. The van der Waals surface area contributed by atoms with Crippen LogP contribution in [0.4, 0.5) is 0 Å². The van der Waals surface area contributed by atoms with E-state index in [0.29, 0.717) is 18.7 Å². The van der Waals surface area contributed by atoms with Crippen LogP contribution in [0.1, 0.15) is 25.8 Å². The van der Waals surface area contributed by atoms with Crippen LogP contribution in [0.2, 0.25) is 0 Å². The first-order valence-corrected chi connectivity index (χ1v) is 7.63. The lowest BCUT2D eigenvalue weighted by Gasteiger charge is -2.26. The zero-order chi connectivity index (χ0) is 14.3. The summed E-state index contributed by atoms with van der Waals surface area (Å²) < 4.78 is 0. The molecule has 0 aliphatic rings. The summed E-state index contributed by atoms with van der Waals surface area (Å²) >= 11 is 1.56. The Morgan fingerprint density at radius 1 is 1.32 bits per heavy atom. The Morgan fingerprint density at radius 2 is 1.95 bits per heavy atom. The lowest BCUT2D eigenvalue weighted by molar-refractivity contribution is -0.130. The fraction of sp³-hybridized carbons (Fsp3) is 0.533. The Balaban J connectivity index is 2.49. The molecule has 3 nitrogen and oxygen atoms in total. The van der Waals surface area contributed by atoms with Gasteiger partial charge in [-0.05, 0) is 39.3 Å². The quantitative estimate of drug-likeness (QED) is 0.781. The fourth-order valence-electron chi connectivity index (χ4n) is 1.77. The van der Waals surface area contributed by atoms with E-state index in [2.05, 4.69) is 19.1 Å². The molecule has 0 fully saturated rings. The molecule has 0 aliphatic carbocycles.